The van der Waals surface area contributed by atoms with Crippen LogP contribution >= 0.6 is 0 Å². The largest absolute Gasteiger partial charge is 0.262 e. The van der Waals surface area contributed by atoms with Gasteiger partial charge in [0.1, 0.15) is 36.0 Å². The van der Waals surface area contributed by atoms with Crippen LogP contribution in [-0.4, -0.2) is 24.7 Å². The summed E-state index contributed by atoms with van der Waals surface area (Å²) in [5.41, 5.74) is -16.8. The number of hydrogen-bond donors (Lipinski definition) is 0. The summed E-state index contributed by atoms with van der Waals surface area (Å²) in [6.07, 6.45) is -12.9. The molecule has 18 heteroatoms. The first-order chi connectivity index (χ1) is 22.6. The summed E-state index contributed by atoms with van der Waals surface area (Å²) in [5, 5.41) is 37.5. The Morgan fingerprint density at radius 1 is 0.583 bits per heavy atom. The van der Waals surface area contributed by atoms with E-state index in [1.807, 2.05) is 0 Å². The summed E-state index contributed by atoms with van der Waals surface area (Å²) in [6, 6.07) is 3.85. The number of nitrogens with zero attached hydrogens (tertiary/aromatic N) is 6. The molecule has 2 fully saturated rings. The maximum atomic E-state index is 15.3. The number of hydrogen-bond acceptors (Lipinski definition) is 4. The van der Waals surface area contributed by atoms with E-state index in [1.54, 1.807) is 0 Å². The van der Waals surface area contributed by atoms with Crippen LogP contribution in [0.1, 0.15) is 16.7 Å². The van der Waals surface area contributed by atoms with Crippen LogP contribution in [-0.2, 0) is 0 Å². The standard InChI is InChI=1S/C30H6F12N6/c1-47-29(16-25(39)19(33)10(6-46)20(34)26(16)40)15-11(7(3-43)13-21(35)17(31)9(5-45)18(32)22(13)36)12(15)8(4-44)14-23(37)27(41)30(48-2)28(42)24(14)38/h9,13,17-18,21-22H. The third-order valence-electron chi connectivity index (χ3n) is 7.46. The van der Waals surface area contributed by atoms with Crippen molar-refractivity contribution in [3.05, 3.63) is 108 Å². The number of nitriles is 4. The molecule has 0 radical (unpaired) electrons. The first-order valence-corrected chi connectivity index (χ1v) is 12.5. The van der Waals surface area contributed by atoms with E-state index < -0.39 is 139 Å². The van der Waals surface area contributed by atoms with Gasteiger partial charge < -0.3 is 0 Å². The van der Waals surface area contributed by atoms with Crippen LogP contribution in [0, 0.1) is 117 Å². The van der Waals surface area contributed by atoms with Gasteiger partial charge in [0, 0.05) is 5.57 Å². The highest BCUT2D eigenvalue weighted by Crippen LogP contribution is 2.58. The Morgan fingerprint density at radius 3 is 1.44 bits per heavy atom. The van der Waals surface area contributed by atoms with E-state index in [4.69, 9.17) is 23.7 Å². The van der Waals surface area contributed by atoms with Crippen LogP contribution in [0.3, 0.4) is 0 Å². The quantitative estimate of drug-likeness (QED) is 0.143. The molecule has 2 saturated carbocycles. The first-order valence-electron chi connectivity index (χ1n) is 12.5. The van der Waals surface area contributed by atoms with Crippen LogP contribution in [0.15, 0.2) is 22.3 Å². The molecule has 4 unspecified atom stereocenters. The summed E-state index contributed by atoms with van der Waals surface area (Å²) in [5.74, 6) is -25.1. The number of allylic oxidation sites excluding steroid dienone is 5. The predicted molar refractivity (Wildman–Crippen MR) is 134 cm³/mol. The van der Waals surface area contributed by atoms with E-state index in [0.717, 1.165) is 24.3 Å². The average Bonchev–Trinajstić information content (AvgIpc) is 3.78. The van der Waals surface area contributed by atoms with E-state index in [2.05, 4.69) is 9.69 Å². The normalized spacial score (nSPS) is 26.1. The van der Waals surface area contributed by atoms with Gasteiger partial charge in [0.15, 0.2) is 58.9 Å². The zero-order chi connectivity index (χ0) is 36.1. The molecular weight excluding hydrogens is 672 g/mol. The smallest absolute Gasteiger partial charge is 0.243 e. The third-order valence-corrected chi connectivity index (χ3v) is 7.46. The van der Waals surface area contributed by atoms with E-state index in [1.165, 1.54) is 0 Å². The number of benzene rings is 2. The van der Waals surface area contributed by atoms with E-state index in [-0.39, 0.29) is 0 Å². The minimum atomic E-state index is -3.30. The van der Waals surface area contributed by atoms with Gasteiger partial charge >= 0.3 is 0 Å². The molecule has 2 aromatic rings. The monoisotopic (exact) mass is 678 g/mol. The number of rotatable bonds is 3. The van der Waals surface area contributed by atoms with Gasteiger partial charge in [-0.2, -0.15) is 21.0 Å². The molecule has 0 amide bonds. The Bertz CT molecular complexity index is 1990. The van der Waals surface area contributed by atoms with Gasteiger partial charge in [0.2, 0.25) is 5.70 Å². The van der Waals surface area contributed by atoms with Crippen molar-refractivity contribution in [2.75, 3.05) is 0 Å². The molecule has 0 aliphatic heterocycles. The van der Waals surface area contributed by atoms with Crippen LogP contribution in [0.2, 0.25) is 0 Å². The second-order valence-electron chi connectivity index (χ2n) is 9.77. The van der Waals surface area contributed by atoms with Gasteiger partial charge in [0.05, 0.1) is 47.9 Å². The fraction of sp³-hybridized carbons (Fsp3) is 0.200. The van der Waals surface area contributed by atoms with E-state index >= 15 is 26.3 Å². The molecule has 0 spiro atoms. The lowest BCUT2D eigenvalue weighted by molar-refractivity contribution is -0.0469. The second-order valence-corrected chi connectivity index (χ2v) is 9.77. The number of halogens is 12. The Hall–Kier alpha value is -6.24. The van der Waals surface area contributed by atoms with Crippen molar-refractivity contribution in [1.29, 1.82) is 21.0 Å². The van der Waals surface area contributed by atoms with Crippen molar-refractivity contribution in [3.63, 3.8) is 0 Å². The molecule has 4 atom stereocenters. The van der Waals surface area contributed by atoms with Crippen molar-refractivity contribution in [3.8, 4) is 24.3 Å². The lowest BCUT2D eigenvalue weighted by Crippen LogP contribution is -2.52. The third kappa shape index (κ3) is 4.78. The van der Waals surface area contributed by atoms with E-state index in [0.29, 0.717) is 0 Å². The fourth-order valence-corrected chi connectivity index (χ4v) is 5.19. The topological polar surface area (TPSA) is 104 Å². The maximum Gasteiger partial charge on any atom is 0.262 e. The van der Waals surface area contributed by atoms with Crippen molar-refractivity contribution in [2.24, 2.45) is 11.8 Å². The molecule has 2 aliphatic carbocycles. The second kappa shape index (κ2) is 12.5. The Balaban J connectivity index is 2.27. The highest BCUT2D eigenvalue weighted by Gasteiger charge is 2.57. The van der Waals surface area contributed by atoms with Crippen LogP contribution in [0.25, 0.3) is 21.0 Å². The van der Waals surface area contributed by atoms with Crippen molar-refractivity contribution >= 4 is 17.0 Å². The van der Waals surface area contributed by atoms with Crippen LogP contribution in [0.5, 0.6) is 0 Å². The van der Waals surface area contributed by atoms with Gasteiger partial charge in [-0.15, -0.1) is 0 Å². The summed E-state index contributed by atoms with van der Waals surface area (Å²) < 4.78 is 178. The number of alkyl halides is 4. The zero-order valence-electron chi connectivity index (χ0n) is 22.7. The minimum Gasteiger partial charge on any atom is -0.243 e. The molecule has 0 N–H and O–H groups in total. The van der Waals surface area contributed by atoms with Crippen LogP contribution < -0.4 is 0 Å². The molecule has 6 nitrogen and oxygen atoms in total. The van der Waals surface area contributed by atoms with Crippen molar-refractivity contribution in [1.82, 2.24) is 0 Å². The summed E-state index contributed by atoms with van der Waals surface area (Å²) in [7, 11) is 0. The molecule has 2 aliphatic rings. The highest BCUT2D eigenvalue weighted by molar-refractivity contribution is 6.06. The van der Waals surface area contributed by atoms with Crippen LogP contribution in [0.4, 0.5) is 58.4 Å². The summed E-state index contributed by atoms with van der Waals surface area (Å²) in [6.45, 7) is 14.2. The molecule has 48 heavy (non-hydrogen) atoms. The Labute approximate surface area is 260 Å². The molecule has 0 bridgehead atoms. The van der Waals surface area contributed by atoms with E-state index in [9.17, 15) is 36.9 Å². The molecule has 0 heterocycles. The van der Waals surface area contributed by atoms with Gasteiger partial charge in [0.25, 0.3) is 5.69 Å². The molecule has 2 aromatic carbocycles. The maximum absolute atomic E-state index is 15.3. The molecule has 0 aromatic heterocycles. The Kier molecular flexibility index (Phi) is 9.03. The van der Waals surface area contributed by atoms with Gasteiger partial charge in [-0.25, -0.2) is 62.4 Å². The SMILES string of the molecule is [C-]#[N+]C(=C1C(=C(C#N)c2c(F)c(F)c([N+]#[C-])c(F)c2F)C1=C(C#N)C1C(F)C(F)C(C#N)C(F)C1F)c1c(F)c(F)c(C#N)c(F)c1F. The molecular formula is C30H6F12N6. The predicted octanol–water partition coefficient (Wildman–Crippen LogP) is 7.79. The summed E-state index contributed by atoms with van der Waals surface area (Å²) >= 11 is 0. The lowest BCUT2D eigenvalue weighted by atomic mass is 9.73. The van der Waals surface area contributed by atoms with Gasteiger partial charge in [-0.1, -0.05) is 0 Å². The highest BCUT2D eigenvalue weighted by atomic mass is 19.2. The minimum absolute atomic E-state index is 0.789. The van der Waals surface area contributed by atoms with Crippen molar-refractivity contribution in [2.45, 2.75) is 24.7 Å². The zero-order valence-corrected chi connectivity index (χ0v) is 22.7. The lowest BCUT2D eigenvalue weighted by Gasteiger charge is -2.36. The molecule has 240 valence electrons. The Morgan fingerprint density at radius 2 is 1.06 bits per heavy atom. The molecule has 0 saturated heterocycles. The first kappa shape index (κ1) is 34.6. The fourth-order valence-electron chi connectivity index (χ4n) is 5.19. The van der Waals surface area contributed by atoms with Gasteiger partial charge in [-0.3, -0.25) is 0 Å². The van der Waals surface area contributed by atoms with Crippen molar-refractivity contribution < 1.29 is 52.7 Å². The van der Waals surface area contributed by atoms with Gasteiger partial charge in [-0.05, 0) is 16.7 Å². The summed E-state index contributed by atoms with van der Waals surface area (Å²) in [4.78, 5) is 4.90. The average molecular weight is 678 g/mol. The molecule has 4 rings (SSSR count).